The summed E-state index contributed by atoms with van der Waals surface area (Å²) in [7, 11) is -3.56. The first-order chi connectivity index (χ1) is 10.8. The highest BCUT2D eigenvalue weighted by atomic mass is 32.2. The first kappa shape index (κ1) is 17.0. The molecule has 2 aromatic carbocycles. The van der Waals surface area contributed by atoms with Gasteiger partial charge in [-0.1, -0.05) is 29.8 Å². The fraction of sp³-hybridized carbons (Fsp3) is 0.250. The topological polar surface area (TPSA) is 89.3 Å². The van der Waals surface area contributed by atoms with Gasteiger partial charge in [0.05, 0.1) is 15.5 Å². The highest BCUT2D eigenvalue weighted by Crippen LogP contribution is 2.26. The molecule has 0 saturated carbocycles. The second-order valence-electron chi connectivity index (χ2n) is 5.38. The van der Waals surface area contributed by atoms with Gasteiger partial charge in [0.2, 0.25) is 0 Å². The van der Waals surface area contributed by atoms with Crippen LogP contribution in [0.5, 0.6) is 0 Å². The highest BCUT2D eigenvalue weighted by molar-refractivity contribution is 7.90. The fourth-order valence-electron chi connectivity index (χ4n) is 2.29. The van der Waals surface area contributed by atoms with E-state index < -0.39 is 14.8 Å². The summed E-state index contributed by atoms with van der Waals surface area (Å²) in [6.45, 7) is 2.54. The molecule has 0 bridgehead atoms. The van der Waals surface area contributed by atoms with Crippen LogP contribution in [0.25, 0.3) is 0 Å². The Kier molecular flexibility index (Phi) is 5.00. The lowest BCUT2D eigenvalue weighted by Gasteiger charge is -2.11. The maximum Gasteiger partial charge on any atom is 0.270 e. The predicted octanol–water partition coefficient (Wildman–Crippen LogP) is 2.96. The molecule has 0 spiro atoms. The number of anilines is 1. The van der Waals surface area contributed by atoms with Crippen LogP contribution in [0.4, 0.5) is 11.4 Å². The zero-order valence-corrected chi connectivity index (χ0v) is 13.8. The van der Waals surface area contributed by atoms with Crippen molar-refractivity contribution in [2.45, 2.75) is 18.2 Å². The lowest BCUT2D eigenvalue weighted by Crippen LogP contribution is -2.10. The van der Waals surface area contributed by atoms with Gasteiger partial charge in [0, 0.05) is 24.9 Å². The van der Waals surface area contributed by atoms with E-state index in [1.54, 1.807) is 0 Å². The van der Waals surface area contributed by atoms with Gasteiger partial charge in [-0.2, -0.15) is 0 Å². The van der Waals surface area contributed by atoms with Crippen LogP contribution in [-0.2, 0) is 16.3 Å². The smallest absolute Gasteiger partial charge is 0.270 e. The quantitative estimate of drug-likeness (QED) is 0.648. The van der Waals surface area contributed by atoms with Gasteiger partial charge in [-0.15, -0.1) is 0 Å². The molecule has 0 aliphatic rings. The number of benzene rings is 2. The molecular weight excluding hydrogens is 316 g/mol. The summed E-state index contributed by atoms with van der Waals surface area (Å²) in [6.07, 6.45) is 1.76. The molecule has 6 nitrogen and oxygen atoms in total. The SMILES string of the molecule is Cc1cccc(CCNc2ccc([N+](=O)[O-])cc2S(C)(=O)=O)c1. The molecule has 0 aliphatic heterocycles. The first-order valence-corrected chi connectivity index (χ1v) is 8.94. The van der Waals surface area contributed by atoms with E-state index >= 15 is 0 Å². The van der Waals surface area contributed by atoms with Crippen LogP contribution in [-0.4, -0.2) is 26.1 Å². The standard InChI is InChI=1S/C16H18N2O4S/c1-12-4-3-5-13(10-12)8-9-17-15-7-6-14(18(19)20)11-16(15)23(2,21)22/h3-7,10-11,17H,8-9H2,1-2H3. The third-order valence-corrected chi connectivity index (χ3v) is 4.52. The zero-order chi connectivity index (χ0) is 17.0. The number of hydrogen-bond donors (Lipinski definition) is 1. The molecule has 0 heterocycles. The number of nitrogens with one attached hydrogen (secondary N) is 1. The van der Waals surface area contributed by atoms with Crippen molar-refractivity contribution >= 4 is 21.2 Å². The van der Waals surface area contributed by atoms with Crippen LogP contribution >= 0.6 is 0 Å². The van der Waals surface area contributed by atoms with Crippen molar-refractivity contribution < 1.29 is 13.3 Å². The Bertz CT molecular complexity index is 832. The molecule has 0 aromatic heterocycles. The Balaban J connectivity index is 2.17. The van der Waals surface area contributed by atoms with E-state index in [0.717, 1.165) is 29.9 Å². The summed E-state index contributed by atoms with van der Waals surface area (Å²) in [5.74, 6) is 0. The minimum absolute atomic E-state index is 0.0593. The number of non-ortho nitro benzene ring substituents is 1. The summed E-state index contributed by atoms with van der Waals surface area (Å²) in [6, 6.07) is 11.9. The monoisotopic (exact) mass is 334 g/mol. The highest BCUT2D eigenvalue weighted by Gasteiger charge is 2.18. The van der Waals surface area contributed by atoms with E-state index in [2.05, 4.69) is 11.4 Å². The van der Waals surface area contributed by atoms with Gasteiger partial charge in [-0.25, -0.2) is 8.42 Å². The third kappa shape index (κ3) is 4.53. The van der Waals surface area contributed by atoms with Crippen LogP contribution in [0.15, 0.2) is 47.4 Å². The van der Waals surface area contributed by atoms with E-state index in [9.17, 15) is 18.5 Å². The van der Waals surface area contributed by atoms with Crippen LogP contribution < -0.4 is 5.32 Å². The Morgan fingerprint density at radius 1 is 1.17 bits per heavy atom. The molecule has 23 heavy (non-hydrogen) atoms. The number of hydrogen-bond acceptors (Lipinski definition) is 5. The van der Waals surface area contributed by atoms with Crippen LogP contribution in [0.1, 0.15) is 11.1 Å². The minimum atomic E-state index is -3.56. The maximum atomic E-state index is 11.8. The number of nitrogens with zero attached hydrogens (tertiary/aromatic N) is 1. The van der Waals surface area contributed by atoms with E-state index in [-0.39, 0.29) is 10.6 Å². The van der Waals surface area contributed by atoms with Crippen molar-refractivity contribution in [2.24, 2.45) is 0 Å². The second-order valence-corrected chi connectivity index (χ2v) is 7.36. The Hall–Kier alpha value is -2.41. The van der Waals surface area contributed by atoms with Crippen LogP contribution in [0.2, 0.25) is 0 Å². The number of nitro benzene ring substituents is 1. The first-order valence-electron chi connectivity index (χ1n) is 7.05. The molecule has 0 radical (unpaired) electrons. The summed E-state index contributed by atoms with van der Waals surface area (Å²) < 4.78 is 23.7. The minimum Gasteiger partial charge on any atom is -0.384 e. The Morgan fingerprint density at radius 3 is 2.52 bits per heavy atom. The lowest BCUT2D eigenvalue weighted by molar-refractivity contribution is -0.385. The number of aryl methyl sites for hydroxylation is 1. The summed E-state index contributed by atoms with van der Waals surface area (Å²) >= 11 is 0. The van der Waals surface area contributed by atoms with Crippen molar-refractivity contribution in [1.29, 1.82) is 0 Å². The second kappa shape index (κ2) is 6.78. The summed E-state index contributed by atoms with van der Waals surface area (Å²) in [4.78, 5) is 10.1. The molecule has 0 atom stereocenters. The molecule has 7 heteroatoms. The van der Waals surface area contributed by atoms with Gasteiger partial charge in [0.15, 0.2) is 9.84 Å². The normalized spacial score (nSPS) is 11.2. The van der Waals surface area contributed by atoms with Gasteiger partial charge >= 0.3 is 0 Å². The van der Waals surface area contributed by atoms with Crippen molar-refractivity contribution in [3.63, 3.8) is 0 Å². The van der Waals surface area contributed by atoms with Crippen molar-refractivity contribution in [3.05, 3.63) is 63.7 Å². The molecule has 1 N–H and O–H groups in total. The molecule has 0 fully saturated rings. The predicted molar refractivity (Wildman–Crippen MR) is 89.6 cm³/mol. The maximum absolute atomic E-state index is 11.8. The average Bonchev–Trinajstić information content (AvgIpc) is 2.46. The Labute approximate surface area is 135 Å². The summed E-state index contributed by atoms with van der Waals surface area (Å²) in [5.41, 5.74) is 2.44. The number of nitro groups is 1. The molecule has 0 amide bonds. The molecule has 122 valence electrons. The molecule has 2 rings (SSSR count). The van der Waals surface area contributed by atoms with Crippen molar-refractivity contribution in [1.82, 2.24) is 0 Å². The lowest BCUT2D eigenvalue weighted by atomic mass is 10.1. The van der Waals surface area contributed by atoms with E-state index in [0.29, 0.717) is 12.2 Å². The molecular formula is C16H18N2O4S. The van der Waals surface area contributed by atoms with E-state index in [1.165, 1.54) is 12.1 Å². The fourth-order valence-corrected chi connectivity index (χ4v) is 3.16. The van der Waals surface area contributed by atoms with Gasteiger partial charge in [0.1, 0.15) is 0 Å². The molecule has 0 saturated heterocycles. The number of rotatable bonds is 6. The molecule has 2 aromatic rings. The van der Waals surface area contributed by atoms with E-state index in [4.69, 9.17) is 0 Å². The van der Waals surface area contributed by atoms with Crippen LogP contribution in [0, 0.1) is 17.0 Å². The Morgan fingerprint density at radius 2 is 1.91 bits per heavy atom. The van der Waals surface area contributed by atoms with Gasteiger partial charge < -0.3 is 5.32 Å². The molecule has 0 unspecified atom stereocenters. The largest absolute Gasteiger partial charge is 0.384 e. The van der Waals surface area contributed by atoms with Crippen molar-refractivity contribution in [2.75, 3.05) is 18.1 Å². The van der Waals surface area contributed by atoms with Gasteiger partial charge in [-0.05, 0) is 25.0 Å². The zero-order valence-electron chi connectivity index (χ0n) is 12.9. The third-order valence-electron chi connectivity index (χ3n) is 3.39. The van der Waals surface area contributed by atoms with Crippen LogP contribution in [0.3, 0.4) is 0 Å². The van der Waals surface area contributed by atoms with Gasteiger partial charge in [-0.3, -0.25) is 10.1 Å². The summed E-state index contributed by atoms with van der Waals surface area (Å²) in [5, 5.41) is 13.9. The van der Waals surface area contributed by atoms with Crippen molar-refractivity contribution in [3.8, 4) is 0 Å². The number of sulfone groups is 1. The van der Waals surface area contributed by atoms with Gasteiger partial charge in [0.25, 0.3) is 5.69 Å². The molecule has 0 aliphatic carbocycles. The van der Waals surface area contributed by atoms with E-state index in [1.807, 2.05) is 25.1 Å². The average molecular weight is 334 g/mol.